The molecule has 2 fully saturated rings. The number of sulfonamides is 1. The fourth-order valence-electron chi connectivity index (χ4n) is 4.10. The molecule has 1 aromatic heterocycles. The fourth-order valence-corrected chi connectivity index (χ4v) is 4.97. The van der Waals surface area contributed by atoms with E-state index in [1.54, 1.807) is 4.31 Å². The standard InChI is InChI=1S/C16H28N4O2S/c1-12-16(13(2)18-17-12)11-19-7-4-15(10-19)14-5-8-20(9-6-14)23(3,21)22/h14-15H,4-11H2,1-3H3,(H,17,18). The van der Waals surface area contributed by atoms with Gasteiger partial charge in [-0.3, -0.25) is 10.00 Å². The minimum Gasteiger partial charge on any atom is -0.299 e. The molecule has 0 spiro atoms. The van der Waals surface area contributed by atoms with Crippen LogP contribution in [0.1, 0.15) is 36.2 Å². The average molecular weight is 340 g/mol. The van der Waals surface area contributed by atoms with E-state index in [0.717, 1.165) is 38.2 Å². The van der Waals surface area contributed by atoms with Gasteiger partial charge >= 0.3 is 0 Å². The van der Waals surface area contributed by atoms with Crippen molar-refractivity contribution in [3.63, 3.8) is 0 Å². The lowest BCUT2D eigenvalue weighted by Crippen LogP contribution is -2.39. The van der Waals surface area contributed by atoms with Crippen molar-refractivity contribution in [2.75, 3.05) is 32.4 Å². The molecule has 6 nitrogen and oxygen atoms in total. The minimum atomic E-state index is -3.01. The van der Waals surface area contributed by atoms with Gasteiger partial charge in [-0.05, 0) is 51.5 Å². The van der Waals surface area contributed by atoms with E-state index in [-0.39, 0.29) is 0 Å². The van der Waals surface area contributed by atoms with Crippen LogP contribution < -0.4 is 0 Å². The van der Waals surface area contributed by atoms with E-state index < -0.39 is 10.0 Å². The number of piperidine rings is 1. The third-order valence-corrected chi connectivity index (χ3v) is 6.91. The number of likely N-dealkylation sites (tertiary alicyclic amines) is 1. The van der Waals surface area contributed by atoms with E-state index in [1.807, 2.05) is 0 Å². The average Bonchev–Trinajstić information content (AvgIpc) is 3.09. The number of nitrogens with one attached hydrogen (secondary N) is 1. The van der Waals surface area contributed by atoms with Crippen LogP contribution in [0.5, 0.6) is 0 Å². The van der Waals surface area contributed by atoms with Crippen LogP contribution in [-0.4, -0.2) is 60.3 Å². The Morgan fingerprint density at radius 2 is 1.78 bits per heavy atom. The molecule has 0 aromatic carbocycles. The first kappa shape index (κ1) is 16.9. The van der Waals surface area contributed by atoms with E-state index >= 15 is 0 Å². The zero-order chi connectivity index (χ0) is 16.6. The van der Waals surface area contributed by atoms with E-state index in [4.69, 9.17) is 0 Å². The number of nitrogens with zero attached hydrogens (tertiary/aromatic N) is 3. The molecule has 1 aromatic rings. The second-order valence-electron chi connectivity index (χ2n) is 7.20. The van der Waals surface area contributed by atoms with Crippen LogP contribution in [-0.2, 0) is 16.6 Å². The molecular formula is C16H28N4O2S. The van der Waals surface area contributed by atoms with Crippen molar-refractivity contribution in [3.8, 4) is 0 Å². The number of aryl methyl sites for hydroxylation is 2. The summed E-state index contributed by atoms with van der Waals surface area (Å²) in [6, 6.07) is 0. The predicted molar refractivity (Wildman–Crippen MR) is 90.6 cm³/mol. The van der Waals surface area contributed by atoms with Crippen molar-refractivity contribution < 1.29 is 8.42 Å². The van der Waals surface area contributed by atoms with Gasteiger partial charge in [0.25, 0.3) is 0 Å². The van der Waals surface area contributed by atoms with Crippen LogP contribution in [0.15, 0.2) is 0 Å². The molecule has 0 radical (unpaired) electrons. The first-order valence-corrected chi connectivity index (χ1v) is 10.4. The molecule has 2 aliphatic rings. The number of aromatic nitrogens is 2. The Kier molecular flexibility index (Phi) is 4.80. The van der Waals surface area contributed by atoms with Crippen molar-refractivity contribution in [2.24, 2.45) is 11.8 Å². The normalized spacial score (nSPS) is 25.3. The van der Waals surface area contributed by atoms with Crippen LogP contribution in [0.3, 0.4) is 0 Å². The van der Waals surface area contributed by atoms with Gasteiger partial charge in [0.2, 0.25) is 10.0 Å². The fraction of sp³-hybridized carbons (Fsp3) is 0.812. The van der Waals surface area contributed by atoms with Gasteiger partial charge in [-0.15, -0.1) is 0 Å². The van der Waals surface area contributed by atoms with E-state index in [1.165, 1.54) is 23.9 Å². The maximum atomic E-state index is 11.6. The van der Waals surface area contributed by atoms with Crippen LogP contribution in [0.2, 0.25) is 0 Å². The van der Waals surface area contributed by atoms with Gasteiger partial charge in [0, 0.05) is 37.4 Å². The molecule has 0 amide bonds. The summed E-state index contributed by atoms with van der Waals surface area (Å²) in [5.74, 6) is 1.38. The smallest absolute Gasteiger partial charge is 0.211 e. The lowest BCUT2D eigenvalue weighted by Gasteiger charge is -2.33. The first-order valence-electron chi connectivity index (χ1n) is 8.52. The molecule has 1 unspecified atom stereocenters. The lowest BCUT2D eigenvalue weighted by atomic mass is 9.84. The van der Waals surface area contributed by atoms with Crippen molar-refractivity contribution in [1.82, 2.24) is 19.4 Å². The largest absolute Gasteiger partial charge is 0.299 e. The Morgan fingerprint density at radius 3 is 2.35 bits per heavy atom. The Labute approximate surface area is 139 Å². The van der Waals surface area contributed by atoms with E-state index in [2.05, 4.69) is 28.9 Å². The SMILES string of the molecule is Cc1n[nH]c(C)c1CN1CCC(C2CCN(S(C)(=O)=O)CC2)C1. The highest BCUT2D eigenvalue weighted by atomic mass is 32.2. The van der Waals surface area contributed by atoms with Crippen LogP contribution >= 0.6 is 0 Å². The number of aromatic amines is 1. The zero-order valence-corrected chi connectivity index (χ0v) is 15.2. The van der Waals surface area contributed by atoms with Gasteiger partial charge in [0.15, 0.2) is 0 Å². The molecule has 3 heterocycles. The third-order valence-electron chi connectivity index (χ3n) is 5.61. The molecule has 2 saturated heterocycles. The van der Waals surface area contributed by atoms with Crippen LogP contribution in [0.4, 0.5) is 0 Å². The molecule has 1 atom stereocenters. The van der Waals surface area contributed by atoms with Crippen molar-refractivity contribution >= 4 is 10.0 Å². The Bertz CT molecular complexity index is 628. The topological polar surface area (TPSA) is 69.3 Å². The van der Waals surface area contributed by atoms with Crippen molar-refractivity contribution in [2.45, 2.75) is 39.7 Å². The zero-order valence-electron chi connectivity index (χ0n) is 14.4. The van der Waals surface area contributed by atoms with Crippen molar-refractivity contribution in [1.29, 1.82) is 0 Å². The summed E-state index contributed by atoms with van der Waals surface area (Å²) in [5, 5.41) is 7.35. The maximum Gasteiger partial charge on any atom is 0.211 e. The second-order valence-corrected chi connectivity index (χ2v) is 9.18. The first-order chi connectivity index (χ1) is 10.8. The molecule has 2 aliphatic heterocycles. The highest BCUT2D eigenvalue weighted by Gasteiger charge is 2.33. The minimum absolute atomic E-state index is 0.671. The highest BCUT2D eigenvalue weighted by molar-refractivity contribution is 7.88. The summed E-state index contributed by atoms with van der Waals surface area (Å²) in [7, 11) is -3.01. The summed E-state index contributed by atoms with van der Waals surface area (Å²) in [6.07, 6.45) is 4.57. The lowest BCUT2D eigenvalue weighted by molar-refractivity contribution is 0.202. The quantitative estimate of drug-likeness (QED) is 0.902. The van der Waals surface area contributed by atoms with Gasteiger partial charge in [0.1, 0.15) is 0 Å². The number of rotatable bonds is 4. The van der Waals surface area contributed by atoms with Gasteiger partial charge in [-0.1, -0.05) is 0 Å². The van der Waals surface area contributed by atoms with Gasteiger partial charge in [-0.25, -0.2) is 12.7 Å². The molecule has 0 bridgehead atoms. The highest BCUT2D eigenvalue weighted by Crippen LogP contribution is 2.33. The Balaban J connectivity index is 1.53. The van der Waals surface area contributed by atoms with Gasteiger partial charge in [0.05, 0.1) is 11.9 Å². The summed E-state index contributed by atoms with van der Waals surface area (Å²) in [6.45, 7) is 8.79. The number of hydrogen-bond acceptors (Lipinski definition) is 4. The summed E-state index contributed by atoms with van der Waals surface area (Å²) in [5.41, 5.74) is 3.61. The molecular weight excluding hydrogens is 312 g/mol. The van der Waals surface area contributed by atoms with Crippen LogP contribution in [0, 0.1) is 25.7 Å². The summed E-state index contributed by atoms with van der Waals surface area (Å²) >= 11 is 0. The Morgan fingerprint density at radius 1 is 1.13 bits per heavy atom. The maximum absolute atomic E-state index is 11.6. The molecule has 3 rings (SSSR count). The van der Waals surface area contributed by atoms with E-state index in [9.17, 15) is 8.42 Å². The molecule has 1 N–H and O–H groups in total. The molecule has 130 valence electrons. The van der Waals surface area contributed by atoms with Gasteiger partial charge < -0.3 is 0 Å². The van der Waals surface area contributed by atoms with Crippen molar-refractivity contribution in [3.05, 3.63) is 17.0 Å². The molecule has 7 heteroatoms. The van der Waals surface area contributed by atoms with Gasteiger partial charge in [-0.2, -0.15) is 5.10 Å². The summed E-state index contributed by atoms with van der Waals surface area (Å²) in [4.78, 5) is 2.53. The Hall–Kier alpha value is -0.920. The molecule has 23 heavy (non-hydrogen) atoms. The molecule has 0 saturated carbocycles. The second kappa shape index (κ2) is 6.53. The predicted octanol–water partition coefficient (Wildman–Crippen LogP) is 1.52. The molecule has 0 aliphatic carbocycles. The summed E-state index contributed by atoms with van der Waals surface area (Å²) < 4.78 is 24.9. The van der Waals surface area contributed by atoms with Crippen LogP contribution in [0.25, 0.3) is 0 Å². The number of hydrogen-bond donors (Lipinski definition) is 1. The van der Waals surface area contributed by atoms with E-state index in [0.29, 0.717) is 24.9 Å². The third kappa shape index (κ3) is 3.78. The monoisotopic (exact) mass is 340 g/mol. The number of H-pyrrole nitrogens is 1.